The third-order valence-corrected chi connectivity index (χ3v) is 4.48. The summed E-state index contributed by atoms with van der Waals surface area (Å²) in [5, 5.41) is 4.49. The maximum Gasteiger partial charge on any atom is 0.0640 e. The van der Waals surface area contributed by atoms with Crippen molar-refractivity contribution in [3.63, 3.8) is 0 Å². The second-order valence-corrected chi connectivity index (χ2v) is 6.09. The van der Waals surface area contributed by atoms with Gasteiger partial charge in [-0.25, -0.2) is 0 Å². The third kappa shape index (κ3) is 2.81. The van der Waals surface area contributed by atoms with Gasteiger partial charge in [0.25, 0.3) is 0 Å². The summed E-state index contributed by atoms with van der Waals surface area (Å²) in [4.78, 5) is 2.43. The minimum atomic E-state index is 0.509. The molecule has 1 N–H and O–H groups in total. The lowest BCUT2D eigenvalue weighted by atomic mass is 9.89. The van der Waals surface area contributed by atoms with Crippen LogP contribution in [0.3, 0.4) is 0 Å². The van der Waals surface area contributed by atoms with E-state index in [1.807, 2.05) is 12.1 Å². The van der Waals surface area contributed by atoms with Gasteiger partial charge in [-0.2, -0.15) is 0 Å². The first kappa shape index (κ1) is 13.7. The maximum absolute atomic E-state index is 6.29. The molecule has 1 aliphatic rings. The highest BCUT2D eigenvalue weighted by molar-refractivity contribution is 6.33. The monoisotopic (exact) mass is 266 g/mol. The summed E-state index contributed by atoms with van der Waals surface area (Å²) >= 11 is 6.29. The predicted octanol–water partition coefficient (Wildman–Crippen LogP) is 3.79. The average molecular weight is 267 g/mol. The molecule has 1 saturated heterocycles. The van der Waals surface area contributed by atoms with Gasteiger partial charge in [0.1, 0.15) is 0 Å². The minimum absolute atomic E-state index is 0.509. The standard InChI is InChI=1S/C15H23ClN2/c1-10-6-5-7-13(16)15(10)17-14-8-12(3)18(4)9-11(14)2/h5-7,11-12,14,17H,8-9H2,1-4H3. The Hall–Kier alpha value is -0.730. The molecule has 1 fully saturated rings. The number of aryl methyl sites for hydroxylation is 1. The number of para-hydroxylation sites is 1. The van der Waals surface area contributed by atoms with Gasteiger partial charge in [-0.15, -0.1) is 0 Å². The lowest BCUT2D eigenvalue weighted by molar-refractivity contribution is 0.145. The summed E-state index contributed by atoms with van der Waals surface area (Å²) in [6.07, 6.45) is 1.17. The molecule has 2 rings (SSSR count). The summed E-state index contributed by atoms with van der Waals surface area (Å²) in [5.41, 5.74) is 2.33. The smallest absolute Gasteiger partial charge is 0.0640 e. The van der Waals surface area contributed by atoms with Crippen LogP contribution in [-0.4, -0.2) is 30.6 Å². The SMILES string of the molecule is Cc1cccc(Cl)c1NC1CC(C)N(C)CC1C. The molecule has 18 heavy (non-hydrogen) atoms. The van der Waals surface area contributed by atoms with Crippen LogP contribution in [0.1, 0.15) is 25.8 Å². The van der Waals surface area contributed by atoms with Gasteiger partial charge < -0.3 is 10.2 Å². The first-order valence-electron chi connectivity index (χ1n) is 6.71. The fourth-order valence-corrected chi connectivity index (χ4v) is 3.02. The number of anilines is 1. The number of nitrogens with one attached hydrogen (secondary N) is 1. The number of hydrogen-bond donors (Lipinski definition) is 1. The van der Waals surface area contributed by atoms with E-state index in [2.05, 4.69) is 44.1 Å². The number of rotatable bonds is 2. The van der Waals surface area contributed by atoms with E-state index in [9.17, 15) is 0 Å². The van der Waals surface area contributed by atoms with Crippen molar-refractivity contribution in [2.24, 2.45) is 5.92 Å². The number of benzene rings is 1. The van der Waals surface area contributed by atoms with Crippen LogP contribution >= 0.6 is 11.6 Å². The van der Waals surface area contributed by atoms with E-state index in [0.717, 1.165) is 17.3 Å². The Morgan fingerprint density at radius 1 is 1.33 bits per heavy atom. The molecule has 0 spiro atoms. The zero-order chi connectivity index (χ0) is 13.3. The Morgan fingerprint density at radius 3 is 2.72 bits per heavy atom. The molecule has 0 aromatic heterocycles. The van der Waals surface area contributed by atoms with E-state index in [-0.39, 0.29) is 0 Å². The van der Waals surface area contributed by atoms with Gasteiger partial charge in [0, 0.05) is 18.6 Å². The zero-order valence-electron chi connectivity index (χ0n) is 11.7. The van der Waals surface area contributed by atoms with Crippen molar-refractivity contribution in [3.8, 4) is 0 Å². The minimum Gasteiger partial charge on any atom is -0.381 e. The first-order valence-corrected chi connectivity index (χ1v) is 7.08. The summed E-state index contributed by atoms with van der Waals surface area (Å²) in [5.74, 6) is 0.641. The Balaban J connectivity index is 2.14. The first-order chi connectivity index (χ1) is 8.49. The van der Waals surface area contributed by atoms with Crippen LogP contribution in [0.4, 0.5) is 5.69 Å². The predicted molar refractivity (Wildman–Crippen MR) is 79.5 cm³/mol. The number of piperidine rings is 1. The van der Waals surface area contributed by atoms with Crippen molar-refractivity contribution in [2.45, 2.75) is 39.3 Å². The molecule has 100 valence electrons. The van der Waals surface area contributed by atoms with E-state index >= 15 is 0 Å². The fourth-order valence-electron chi connectivity index (χ4n) is 2.74. The lowest BCUT2D eigenvalue weighted by Crippen LogP contribution is -2.48. The second kappa shape index (κ2) is 5.50. The van der Waals surface area contributed by atoms with Crippen molar-refractivity contribution in [1.82, 2.24) is 4.90 Å². The van der Waals surface area contributed by atoms with Crippen molar-refractivity contribution in [2.75, 3.05) is 18.9 Å². The fraction of sp³-hybridized carbons (Fsp3) is 0.600. The van der Waals surface area contributed by atoms with Crippen LogP contribution in [0.25, 0.3) is 0 Å². The molecule has 0 saturated carbocycles. The van der Waals surface area contributed by atoms with E-state index in [4.69, 9.17) is 11.6 Å². The molecule has 1 heterocycles. The van der Waals surface area contributed by atoms with Crippen LogP contribution in [0.15, 0.2) is 18.2 Å². The molecule has 0 amide bonds. The summed E-state index contributed by atoms with van der Waals surface area (Å²) in [7, 11) is 2.21. The maximum atomic E-state index is 6.29. The molecule has 3 unspecified atom stereocenters. The van der Waals surface area contributed by atoms with Gasteiger partial charge in [0.2, 0.25) is 0 Å². The normalized spacial score (nSPS) is 29.3. The molecule has 3 atom stereocenters. The average Bonchev–Trinajstić information content (AvgIpc) is 2.30. The summed E-state index contributed by atoms with van der Waals surface area (Å²) < 4.78 is 0. The molecular weight excluding hydrogens is 244 g/mol. The number of nitrogens with zero attached hydrogens (tertiary/aromatic N) is 1. The van der Waals surface area contributed by atoms with Crippen molar-refractivity contribution >= 4 is 17.3 Å². The second-order valence-electron chi connectivity index (χ2n) is 5.68. The van der Waals surface area contributed by atoms with E-state index in [1.165, 1.54) is 12.0 Å². The molecule has 2 nitrogen and oxygen atoms in total. The highest BCUT2D eigenvalue weighted by atomic mass is 35.5. The molecule has 3 heteroatoms. The largest absolute Gasteiger partial charge is 0.381 e. The Morgan fingerprint density at radius 2 is 2.06 bits per heavy atom. The van der Waals surface area contributed by atoms with Gasteiger partial charge in [0.15, 0.2) is 0 Å². The highest BCUT2D eigenvalue weighted by Gasteiger charge is 2.29. The Kier molecular flexibility index (Phi) is 4.18. The van der Waals surface area contributed by atoms with Crippen LogP contribution < -0.4 is 5.32 Å². The topological polar surface area (TPSA) is 15.3 Å². The molecule has 1 aromatic rings. The Labute approximate surface area is 115 Å². The number of halogens is 1. The molecule has 0 bridgehead atoms. The third-order valence-electron chi connectivity index (χ3n) is 4.16. The van der Waals surface area contributed by atoms with Gasteiger partial charge in [-0.05, 0) is 44.9 Å². The van der Waals surface area contributed by atoms with Crippen LogP contribution in [0, 0.1) is 12.8 Å². The molecule has 1 aromatic carbocycles. The summed E-state index contributed by atoms with van der Waals surface area (Å²) in [6.45, 7) is 7.85. The molecule has 0 radical (unpaired) electrons. The van der Waals surface area contributed by atoms with Crippen molar-refractivity contribution < 1.29 is 0 Å². The van der Waals surface area contributed by atoms with E-state index < -0.39 is 0 Å². The van der Waals surface area contributed by atoms with Crippen molar-refractivity contribution in [1.29, 1.82) is 0 Å². The Bertz CT molecular complexity index is 399. The molecule has 0 aliphatic carbocycles. The lowest BCUT2D eigenvalue weighted by Gasteiger charge is -2.40. The van der Waals surface area contributed by atoms with Crippen LogP contribution in [-0.2, 0) is 0 Å². The van der Waals surface area contributed by atoms with Crippen LogP contribution in [0.2, 0.25) is 5.02 Å². The van der Waals surface area contributed by atoms with Gasteiger partial charge in [0.05, 0.1) is 10.7 Å². The van der Waals surface area contributed by atoms with Crippen molar-refractivity contribution in [3.05, 3.63) is 28.8 Å². The highest BCUT2D eigenvalue weighted by Crippen LogP contribution is 2.30. The number of hydrogen-bond acceptors (Lipinski definition) is 2. The molecular formula is C15H23ClN2. The van der Waals surface area contributed by atoms with E-state index in [1.54, 1.807) is 0 Å². The van der Waals surface area contributed by atoms with Gasteiger partial charge in [-0.1, -0.05) is 30.7 Å². The van der Waals surface area contributed by atoms with E-state index in [0.29, 0.717) is 18.0 Å². The van der Waals surface area contributed by atoms with Gasteiger partial charge >= 0.3 is 0 Å². The number of likely N-dealkylation sites (tertiary alicyclic amines) is 1. The summed E-state index contributed by atoms with van der Waals surface area (Å²) in [6, 6.07) is 7.21. The molecule has 1 aliphatic heterocycles. The quantitative estimate of drug-likeness (QED) is 0.876. The van der Waals surface area contributed by atoms with Gasteiger partial charge in [-0.3, -0.25) is 0 Å². The zero-order valence-corrected chi connectivity index (χ0v) is 12.5. The van der Waals surface area contributed by atoms with Crippen LogP contribution in [0.5, 0.6) is 0 Å².